The Morgan fingerprint density at radius 2 is 1.31 bits per heavy atom. The van der Waals surface area contributed by atoms with Crippen molar-refractivity contribution < 1.29 is 0 Å². The van der Waals surface area contributed by atoms with E-state index in [2.05, 4.69) is 153 Å². The van der Waals surface area contributed by atoms with Crippen LogP contribution in [0.4, 0.5) is 11.4 Å². The largest absolute Gasteiger partial charge is 0.317 e. The molecule has 1 aliphatic heterocycles. The molecule has 0 amide bonds. The van der Waals surface area contributed by atoms with Gasteiger partial charge in [0.05, 0.1) is 16.6 Å². The maximum atomic E-state index is 2.60. The van der Waals surface area contributed by atoms with Gasteiger partial charge in [0.25, 0.3) is 0 Å². The first kappa shape index (κ1) is 20.9. The zero-order valence-corrected chi connectivity index (χ0v) is 21.2. The van der Waals surface area contributed by atoms with Gasteiger partial charge in [0.1, 0.15) is 11.6 Å². The van der Waals surface area contributed by atoms with E-state index in [4.69, 9.17) is 0 Å². The van der Waals surface area contributed by atoms with Gasteiger partial charge < -0.3 is 9.13 Å². The predicted molar refractivity (Wildman–Crippen MR) is 164 cm³/mol. The number of allylic oxidation sites excluding steroid dienone is 4. The Morgan fingerprint density at radius 1 is 0.564 bits per heavy atom. The van der Waals surface area contributed by atoms with Gasteiger partial charge in [-0.15, -0.1) is 0 Å². The van der Waals surface area contributed by atoms with Gasteiger partial charge in [-0.1, -0.05) is 91.0 Å². The maximum Gasteiger partial charge on any atom is 0.235 e. The minimum absolute atomic E-state index is 0.0922. The molecule has 3 heteroatoms. The predicted octanol–water partition coefficient (Wildman–Crippen LogP) is 8.85. The molecule has 3 heterocycles. The molecule has 0 N–H and O–H groups in total. The summed E-state index contributed by atoms with van der Waals surface area (Å²) in [7, 11) is 0. The number of aromatic nitrogens is 2. The third kappa shape index (κ3) is 2.69. The van der Waals surface area contributed by atoms with Crippen LogP contribution >= 0.6 is 0 Å². The van der Waals surface area contributed by atoms with Crippen molar-refractivity contribution in [2.75, 3.05) is 0 Å². The molecule has 1 aliphatic carbocycles. The van der Waals surface area contributed by atoms with Crippen LogP contribution in [0.15, 0.2) is 140 Å². The van der Waals surface area contributed by atoms with Crippen molar-refractivity contribution in [2.45, 2.75) is 6.04 Å². The van der Waals surface area contributed by atoms with Crippen LogP contribution in [0, 0.1) is 0 Å². The first-order valence-corrected chi connectivity index (χ1v) is 13.5. The summed E-state index contributed by atoms with van der Waals surface area (Å²) >= 11 is 0. The molecule has 39 heavy (non-hydrogen) atoms. The van der Waals surface area contributed by atoms with E-state index in [0.29, 0.717) is 0 Å². The van der Waals surface area contributed by atoms with E-state index in [1.54, 1.807) is 0 Å². The van der Waals surface area contributed by atoms with Crippen molar-refractivity contribution in [3.8, 4) is 5.69 Å². The molecule has 3 nitrogen and oxygen atoms in total. The lowest BCUT2D eigenvalue weighted by atomic mass is 10.0. The lowest BCUT2D eigenvalue weighted by Crippen LogP contribution is -2.30. The first-order chi connectivity index (χ1) is 19.4. The fourth-order valence-electron chi connectivity index (χ4n) is 6.89. The molecule has 0 spiro atoms. The molecule has 1 unspecified atom stereocenters. The molecular formula is C36H24N3+. The van der Waals surface area contributed by atoms with E-state index >= 15 is 0 Å². The zero-order chi connectivity index (χ0) is 25.5. The second-order valence-corrected chi connectivity index (χ2v) is 10.4. The van der Waals surface area contributed by atoms with Crippen LogP contribution in [0.1, 0.15) is 6.04 Å². The van der Waals surface area contributed by atoms with E-state index in [9.17, 15) is 0 Å². The highest BCUT2D eigenvalue weighted by Crippen LogP contribution is 2.47. The zero-order valence-electron chi connectivity index (χ0n) is 21.2. The fourth-order valence-corrected chi connectivity index (χ4v) is 6.89. The molecule has 0 saturated carbocycles. The Balaban J connectivity index is 1.50. The molecule has 0 saturated heterocycles. The lowest BCUT2D eigenvalue weighted by Gasteiger charge is -2.24. The first-order valence-electron chi connectivity index (χ1n) is 13.5. The van der Waals surface area contributed by atoms with Crippen LogP contribution < -0.4 is 4.58 Å². The Hall–Kier alpha value is -5.15. The van der Waals surface area contributed by atoms with Crippen LogP contribution in [0.5, 0.6) is 0 Å². The summed E-state index contributed by atoms with van der Waals surface area (Å²) in [6, 6.07) is 41.8. The van der Waals surface area contributed by atoms with E-state index in [1.165, 1.54) is 66.4 Å². The molecule has 182 valence electrons. The van der Waals surface area contributed by atoms with Crippen LogP contribution in [-0.4, -0.2) is 14.8 Å². The molecule has 0 radical (unpaired) electrons. The fraction of sp³-hybridized carbons (Fsp3) is 0.0278. The average molecular weight is 499 g/mol. The maximum absolute atomic E-state index is 2.60. The topological polar surface area (TPSA) is 12.9 Å². The van der Waals surface area contributed by atoms with Gasteiger partial charge in [0, 0.05) is 51.5 Å². The summed E-state index contributed by atoms with van der Waals surface area (Å²) in [5.74, 6) is 0. The highest BCUT2D eigenvalue weighted by Gasteiger charge is 2.38. The van der Waals surface area contributed by atoms with Crippen LogP contribution in [0.2, 0.25) is 0 Å². The van der Waals surface area contributed by atoms with Crippen LogP contribution in [0.3, 0.4) is 0 Å². The number of hydrogen-bond donors (Lipinski definition) is 0. The van der Waals surface area contributed by atoms with Gasteiger partial charge in [-0.25, -0.2) is 0 Å². The average Bonchev–Trinajstić information content (AvgIpc) is 3.52. The summed E-state index contributed by atoms with van der Waals surface area (Å²) in [5, 5.41) is 5.19. The van der Waals surface area contributed by atoms with Crippen molar-refractivity contribution >= 4 is 60.7 Å². The molecule has 9 rings (SSSR count). The molecule has 0 fully saturated rings. The number of fused-ring (bicyclic) bond motifs is 9. The monoisotopic (exact) mass is 498 g/mol. The van der Waals surface area contributed by atoms with Crippen LogP contribution in [-0.2, 0) is 0 Å². The van der Waals surface area contributed by atoms with Gasteiger partial charge in [0.15, 0.2) is 0 Å². The number of hydrogen-bond acceptors (Lipinski definition) is 0. The molecule has 7 aromatic rings. The standard InChI is InChI=1S/C36H24N3/c1-3-12-24(13-4-1)37-29-18-8-7-16-28(29)34-32(37)23-22-27-26-17-11-21-33-35(26)39(36(27)34)31-20-10-9-19-30(31)38(33)25-14-5-2-6-15-25/h1-23,31H/q+1. The molecule has 1 atom stereocenters. The summed E-state index contributed by atoms with van der Waals surface area (Å²) in [6.07, 6.45) is 8.97. The number of nitrogens with zero attached hydrogens (tertiary/aromatic N) is 3. The number of rotatable bonds is 2. The number of benzene rings is 5. The second-order valence-electron chi connectivity index (χ2n) is 10.4. The molecular weight excluding hydrogens is 474 g/mol. The van der Waals surface area contributed by atoms with Crippen molar-refractivity contribution in [3.05, 3.63) is 140 Å². The summed E-state index contributed by atoms with van der Waals surface area (Å²) in [6.45, 7) is 0. The van der Waals surface area contributed by atoms with Gasteiger partial charge in [-0.3, -0.25) is 0 Å². The Kier molecular flexibility index (Phi) is 4.11. The minimum Gasteiger partial charge on any atom is -0.317 e. The number of para-hydroxylation sites is 4. The smallest absolute Gasteiger partial charge is 0.235 e. The molecule has 2 aliphatic rings. The van der Waals surface area contributed by atoms with E-state index in [1.807, 2.05) is 0 Å². The highest BCUT2D eigenvalue weighted by molar-refractivity contribution is 6.28. The Bertz CT molecular complexity index is 2210. The normalized spacial score (nSPS) is 16.2. The molecule has 0 bridgehead atoms. The van der Waals surface area contributed by atoms with E-state index in [0.717, 1.165) is 0 Å². The third-order valence-electron chi connectivity index (χ3n) is 8.38. The SMILES string of the molecule is C1=CC2=[N+](c3ccccc3)c3cccc4c5ccc6c(c7ccccc7n6-c6ccccc6)c5n(c34)C2C=C1. The minimum atomic E-state index is 0.0922. The van der Waals surface area contributed by atoms with Gasteiger partial charge in [0.2, 0.25) is 17.1 Å². The van der Waals surface area contributed by atoms with Crippen molar-refractivity contribution in [1.29, 1.82) is 0 Å². The Labute approximate surface area is 225 Å². The molecule has 2 aromatic heterocycles. The summed E-state index contributed by atoms with van der Waals surface area (Å²) in [5.41, 5.74) is 9.91. The quantitative estimate of drug-likeness (QED) is 0.211. The van der Waals surface area contributed by atoms with Crippen molar-refractivity contribution in [3.63, 3.8) is 0 Å². The van der Waals surface area contributed by atoms with Crippen LogP contribution in [0.25, 0.3) is 49.3 Å². The van der Waals surface area contributed by atoms with E-state index < -0.39 is 0 Å². The van der Waals surface area contributed by atoms with Crippen molar-refractivity contribution in [1.82, 2.24) is 13.7 Å². The Morgan fingerprint density at radius 3 is 2.18 bits per heavy atom. The highest BCUT2D eigenvalue weighted by atomic mass is 15.2. The summed E-state index contributed by atoms with van der Waals surface area (Å²) < 4.78 is 7.45. The lowest BCUT2D eigenvalue weighted by molar-refractivity contribution is 0.783. The van der Waals surface area contributed by atoms with Crippen molar-refractivity contribution in [2.24, 2.45) is 0 Å². The van der Waals surface area contributed by atoms with E-state index in [-0.39, 0.29) is 6.04 Å². The van der Waals surface area contributed by atoms with Gasteiger partial charge in [-0.2, -0.15) is 4.58 Å². The second kappa shape index (κ2) is 7.68. The summed E-state index contributed by atoms with van der Waals surface area (Å²) in [4.78, 5) is 0. The van der Waals surface area contributed by atoms with Gasteiger partial charge >= 0.3 is 0 Å². The molecule has 5 aromatic carbocycles. The third-order valence-corrected chi connectivity index (χ3v) is 8.38. The van der Waals surface area contributed by atoms with Gasteiger partial charge in [-0.05, 0) is 24.3 Å².